The molecule has 0 aromatic heterocycles. The van der Waals surface area contributed by atoms with Crippen LogP contribution in [0, 0.1) is 11.7 Å². The standard InChI is InChI=1S/C18H24ClFN2O/c1-22-7-6-15(11-21-10-13-3-2-8-23-12-13)18(22)14-4-5-16(19)17(20)9-14/h3-5,9,15,18,21H,2,6-8,10-12H2,1H3/t15-,18-/m1/s1. The van der Waals surface area contributed by atoms with Crippen molar-refractivity contribution in [3.05, 3.63) is 46.3 Å². The van der Waals surface area contributed by atoms with Gasteiger partial charge in [0.15, 0.2) is 0 Å². The summed E-state index contributed by atoms with van der Waals surface area (Å²) in [6.45, 7) is 4.41. The number of ether oxygens (including phenoxy) is 1. The Kier molecular flexibility index (Phi) is 5.70. The van der Waals surface area contributed by atoms with Crippen molar-refractivity contribution < 1.29 is 9.13 Å². The molecular formula is C18H24ClFN2O. The minimum Gasteiger partial charge on any atom is -0.377 e. The van der Waals surface area contributed by atoms with Crippen LogP contribution in [0.4, 0.5) is 4.39 Å². The lowest BCUT2D eigenvalue weighted by atomic mass is 9.93. The summed E-state index contributed by atoms with van der Waals surface area (Å²) in [4.78, 5) is 2.30. The van der Waals surface area contributed by atoms with Crippen LogP contribution in [-0.2, 0) is 4.74 Å². The first-order valence-electron chi connectivity index (χ1n) is 8.26. The van der Waals surface area contributed by atoms with Crippen LogP contribution in [-0.4, -0.2) is 44.8 Å². The third kappa shape index (κ3) is 4.13. The van der Waals surface area contributed by atoms with Crippen LogP contribution in [0.15, 0.2) is 29.8 Å². The second-order valence-electron chi connectivity index (χ2n) is 6.48. The second kappa shape index (κ2) is 7.75. The van der Waals surface area contributed by atoms with E-state index in [4.69, 9.17) is 16.3 Å². The minimum atomic E-state index is -0.333. The van der Waals surface area contributed by atoms with E-state index in [0.717, 1.165) is 51.3 Å². The molecule has 126 valence electrons. The average Bonchev–Trinajstić information content (AvgIpc) is 2.92. The van der Waals surface area contributed by atoms with Gasteiger partial charge in [0.1, 0.15) is 5.82 Å². The molecule has 1 aromatic rings. The molecule has 3 nitrogen and oxygen atoms in total. The van der Waals surface area contributed by atoms with Gasteiger partial charge in [0.2, 0.25) is 0 Å². The summed E-state index contributed by atoms with van der Waals surface area (Å²) in [6, 6.07) is 5.43. The summed E-state index contributed by atoms with van der Waals surface area (Å²) in [5.41, 5.74) is 2.34. The molecule has 0 amide bonds. The number of halogens is 2. The van der Waals surface area contributed by atoms with Gasteiger partial charge >= 0.3 is 0 Å². The molecule has 2 aliphatic rings. The van der Waals surface area contributed by atoms with Gasteiger partial charge in [-0.3, -0.25) is 4.90 Å². The Morgan fingerprint density at radius 1 is 1.43 bits per heavy atom. The highest BCUT2D eigenvalue weighted by Crippen LogP contribution is 2.36. The summed E-state index contributed by atoms with van der Waals surface area (Å²) < 4.78 is 19.3. The highest BCUT2D eigenvalue weighted by molar-refractivity contribution is 6.30. The van der Waals surface area contributed by atoms with Crippen LogP contribution in [0.1, 0.15) is 24.4 Å². The fourth-order valence-corrected chi connectivity index (χ4v) is 3.73. The van der Waals surface area contributed by atoms with Crippen LogP contribution < -0.4 is 5.32 Å². The van der Waals surface area contributed by atoms with E-state index in [9.17, 15) is 4.39 Å². The Morgan fingerprint density at radius 2 is 2.30 bits per heavy atom. The van der Waals surface area contributed by atoms with Gasteiger partial charge in [-0.15, -0.1) is 0 Å². The highest BCUT2D eigenvalue weighted by Gasteiger charge is 2.33. The molecule has 5 heteroatoms. The first kappa shape index (κ1) is 16.9. The topological polar surface area (TPSA) is 24.5 Å². The monoisotopic (exact) mass is 338 g/mol. The summed E-state index contributed by atoms with van der Waals surface area (Å²) in [5.74, 6) is 0.145. The SMILES string of the molecule is CN1CC[C@H](CNCC2=CCCOC2)[C@H]1c1ccc(Cl)c(F)c1. The van der Waals surface area contributed by atoms with Crippen LogP contribution in [0.2, 0.25) is 5.02 Å². The van der Waals surface area contributed by atoms with Crippen molar-refractivity contribution in [2.75, 3.05) is 39.9 Å². The van der Waals surface area contributed by atoms with Crippen LogP contribution >= 0.6 is 11.6 Å². The lowest BCUT2D eigenvalue weighted by molar-refractivity contribution is 0.148. The molecule has 0 bridgehead atoms. The lowest BCUT2D eigenvalue weighted by Crippen LogP contribution is -2.30. The van der Waals surface area contributed by atoms with E-state index >= 15 is 0 Å². The normalized spacial score (nSPS) is 25.6. The number of likely N-dealkylation sites (tertiary alicyclic amines) is 1. The van der Waals surface area contributed by atoms with Crippen LogP contribution in [0.25, 0.3) is 0 Å². The van der Waals surface area contributed by atoms with Crippen molar-refractivity contribution in [3.8, 4) is 0 Å². The molecule has 2 atom stereocenters. The van der Waals surface area contributed by atoms with Crippen molar-refractivity contribution in [1.29, 1.82) is 0 Å². The highest BCUT2D eigenvalue weighted by atomic mass is 35.5. The van der Waals surface area contributed by atoms with Crippen molar-refractivity contribution in [2.45, 2.75) is 18.9 Å². The molecule has 1 aromatic carbocycles. The van der Waals surface area contributed by atoms with E-state index in [2.05, 4.69) is 23.3 Å². The maximum Gasteiger partial charge on any atom is 0.142 e. The molecule has 2 aliphatic heterocycles. The first-order valence-corrected chi connectivity index (χ1v) is 8.64. The predicted octanol–water partition coefficient (Wildman–Crippen LogP) is 3.41. The smallest absolute Gasteiger partial charge is 0.142 e. The molecule has 1 N–H and O–H groups in total. The number of hydrogen-bond acceptors (Lipinski definition) is 3. The predicted molar refractivity (Wildman–Crippen MR) is 91.3 cm³/mol. The number of nitrogens with zero attached hydrogens (tertiary/aromatic N) is 1. The Hall–Kier alpha value is -0.940. The van der Waals surface area contributed by atoms with E-state index in [1.54, 1.807) is 12.1 Å². The lowest BCUT2D eigenvalue weighted by Gasteiger charge is -2.26. The van der Waals surface area contributed by atoms with Crippen molar-refractivity contribution in [3.63, 3.8) is 0 Å². The van der Waals surface area contributed by atoms with Gasteiger partial charge in [-0.2, -0.15) is 0 Å². The molecular weight excluding hydrogens is 315 g/mol. The molecule has 0 aliphatic carbocycles. The van der Waals surface area contributed by atoms with Gasteiger partial charge in [0, 0.05) is 19.1 Å². The number of benzene rings is 1. The third-order valence-corrected chi connectivity index (χ3v) is 5.11. The molecule has 23 heavy (non-hydrogen) atoms. The number of hydrogen-bond donors (Lipinski definition) is 1. The van der Waals surface area contributed by atoms with Gasteiger partial charge in [0.05, 0.1) is 18.2 Å². The van der Waals surface area contributed by atoms with Crippen molar-refractivity contribution >= 4 is 11.6 Å². The average molecular weight is 339 g/mol. The summed E-state index contributed by atoms with van der Waals surface area (Å²) in [5, 5.41) is 3.74. The van der Waals surface area contributed by atoms with Gasteiger partial charge < -0.3 is 10.1 Å². The zero-order valence-corrected chi connectivity index (χ0v) is 14.3. The van der Waals surface area contributed by atoms with Crippen molar-refractivity contribution in [1.82, 2.24) is 10.2 Å². The quantitative estimate of drug-likeness (QED) is 0.833. The Bertz CT molecular complexity index is 578. The summed E-state index contributed by atoms with van der Waals surface area (Å²) in [7, 11) is 2.11. The van der Waals surface area contributed by atoms with E-state index in [1.807, 2.05) is 6.07 Å². The second-order valence-corrected chi connectivity index (χ2v) is 6.89. The van der Waals surface area contributed by atoms with Gasteiger partial charge in [-0.05, 0) is 55.6 Å². The first-order chi connectivity index (χ1) is 11.1. The molecule has 0 unspecified atom stereocenters. The zero-order chi connectivity index (χ0) is 16.2. The molecule has 0 spiro atoms. The van der Waals surface area contributed by atoms with Gasteiger partial charge in [-0.25, -0.2) is 4.39 Å². The number of nitrogens with one attached hydrogen (secondary N) is 1. The third-order valence-electron chi connectivity index (χ3n) is 4.80. The molecule has 0 saturated carbocycles. The largest absolute Gasteiger partial charge is 0.377 e. The Balaban J connectivity index is 1.61. The molecule has 1 saturated heterocycles. The van der Waals surface area contributed by atoms with Crippen LogP contribution in [0.3, 0.4) is 0 Å². The summed E-state index contributed by atoms with van der Waals surface area (Å²) in [6.07, 6.45) is 4.40. The van der Waals surface area contributed by atoms with E-state index in [1.165, 1.54) is 5.57 Å². The number of rotatable bonds is 5. The zero-order valence-electron chi connectivity index (χ0n) is 13.5. The van der Waals surface area contributed by atoms with Gasteiger partial charge in [0.25, 0.3) is 0 Å². The maximum atomic E-state index is 13.8. The Morgan fingerprint density at radius 3 is 3.04 bits per heavy atom. The Labute approximate surface area is 142 Å². The fraction of sp³-hybridized carbons (Fsp3) is 0.556. The molecule has 1 fully saturated rings. The van der Waals surface area contributed by atoms with E-state index in [0.29, 0.717) is 5.92 Å². The van der Waals surface area contributed by atoms with Crippen LogP contribution in [0.5, 0.6) is 0 Å². The molecule has 0 radical (unpaired) electrons. The van der Waals surface area contributed by atoms with Crippen molar-refractivity contribution in [2.24, 2.45) is 5.92 Å². The minimum absolute atomic E-state index is 0.188. The fourth-order valence-electron chi connectivity index (χ4n) is 3.61. The van der Waals surface area contributed by atoms with Gasteiger partial charge in [-0.1, -0.05) is 23.7 Å². The molecule has 2 heterocycles. The summed E-state index contributed by atoms with van der Waals surface area (Å²) >= 11 is 5.81. The van der Waals surface area contributed by atoms with E-state index in [-0.39, 0.29) is 16.9 Å². The maximum absolute atomic E-state index is 13.8. The molecule has 3 rings (SSSR count). The van der Waals surface area contributed by atoms with E-state index < -0.39 is 0 Å².